The van der Waals surface area contributed by atoms with Gasteiger partial charge < -0.3 is 15.0 Å². The lowest BCUT2D eigenvalue weighted by Gasteiger charge is -2.22. The van der Waals surface area contributed by atoms with E-state index < -0.39 is 69.9 Å². The van der Waals surface area contributed by atoms with E-state index in [4.69, 9.17) is 4.18 Å². The van der Waals surface area contributed by atoms with Crippen LogP contribution in [0.15, 0.2) is 48.5 Å². The highest BCUT2D eigenvalue weighted by atomic mass is 32.2. The number of fused-ring (bicyclic) bond motifs is 1. The molecule has 0 radical (unpaired) electrons. The molecule has 238 valence electrons. The van der Waals surface area contributed by atoms with Gasteiger partial charge in [-0.2, -0.15) is 39.9 Å². The molecule has 1 aliphatic rings. The number of benzene rings is 2. The normalized spacial score (nSPS) is 16.0. The van der Waals surface area contributed by atoms with Gasteiger partial charge in [0.2, 0.25) is 0 Å². The molecule has 3 aromatic rings. The SMILES string of the molecule is COC(=O)c1ccc(C(C)NC(=O)c2c(C(F)(F)F)nn3c2N(Cc2cccc(C(F)(F)F)c2)C[C@H]3COS(C)(=O)=O)cc1. The van der Waals surface area contributed by atoms with Gasteiger partial charge in [-0.25, -0.2) is 9.48 Å². The largest absolute Gasteiger partial charge is 0.465 e. The van der Waals surface area contributed by atoms with Crippen LogP contribution >= 0.6 is 0 Å². The number of halogens is 6. The number of esters is 1. The lowest BCUT2D eigenvalue weighted by atomic mass is 10.1. The Morgan fingerprint density at radius 3 is 2.30 bits per heavy atom. The smallest absolute Gasteiger partial charge is 0.436 e. The second-order valence-electron chi connectivity index (χ2n) is 10.0. The topological polar surface area (TPSA) is 120 Å². The minimum atomic E-state index is -5.14. The van der Waals surface area contributed by atoms with Gasteiger partial charge in [-0.15, -0.1) is 0 Å². The lowest BCUT2D eigenvalue weighted by molar-refractivity contribution is -0.142. The molecule has 0 fully saturated rings. The van der Waals surface area contributed by atoms with Crippen LogP contribution in [0.2, 0.25) is 0 Å². The van der Waals surface area contributed by atoms with Crippen molar-refractivity contribution in [3.8, 4) is 0 Å². The number of methoxy groups -OCH3 is 1. The van der Waals surface area contributed by atoms with E-state index >= 15 is 0 Å². The minimum Gasteiger partial charge on any atom is -0.465 e. The van der Waals surface area contributed by atoms with Crippen molar-refractivity contribution in [1.82, 2.24) is 15.1 Å². The molecule has 0 saturated heterocycles. The van der Waals surface area contributed by atoms with E-state index in [1.165, 1.54) is 49.3 Å². The number of anilines is 1. The van der Waals surface area contributed by atoms with Crippen molar-refractivity contribution in [3.05, 3.63) is 82.0 Å². The first-order chi connectivity index (χ1) is 20.4. The van der Waals surface area contributed by atoms with E-state index in [9.17, 15) is 44.3 Å². The molecule has 2 aromatic carbocycles. The Hall–Kier alpha value is -4.12. The Balaban J connectivity index is 1.74. The fraction of sp³-hybridized carbons (Fsp3) is 0.370. The van der Waals surface area contributed by atoms with E-state index in [0.29, 0.717) is 5.56 Å². The summed E-state index contributed by atoms with van der Waals surface area (Å²) >= 11 is 0. The molecule has 10 nitrogen and oxygen atoms in total. The van der Waals surface area contributed by atoms with Crippen LogP contribution in [0.25, 0.3) is 0 Å². The summed E-state index contributed by atoms with van der Waals surface area (Å²) in [4.78, 5) is 26.4. The van der Waals surface area contributed by atoms with Crippen LogP contribution in [0.4, 0.5) is 32.2 Å². The zero-order valence-electron chi connectivity index (χ0n) is 23.4. The van der Waals surface area contributed by atoms with Gasteiger partial charge in [0.15, 0.2) is 5.69 Å². The summed E-state index contributed by atoms with van der Waals surface area (Å²) in [6.45, 7) is 0.253. The number of nitrogens with zero attached hydrogens (tertiary/aromatic N) is 3. The molecule has 2 heterocycles. The predicted molar refractivity (Wildman–Crippen MR) is 143 cm³/mol. The maximum atomic E-state index is 14.2. The van der Waals surface area contributed by atoms with Crippen LogP contribution in [0.3, 0.4) is 0 Å². The molecule has 1 N–H and O–H groups in total. The first-order valence-electron chi connectivity index (χ1n) is 12.8. The molecule has 1 aliphatic heterocycles. The molecular weight excluding hydrogens is 622 g/mol. The first kappa shape index (κ1) is 32.8. The number of rotatable bonds is 9. The number of aromatic nitrogens is 2. The fourth-order valence-electron chi connectivity index (χ4n) is 4.72. The van der Waals surface area contributed by atoms with Crippen LogP contribution < -0.4 is 10.2 Å². The van der Waals surface area contributed by atoms with Crippen molar-refractivity contribution < 1.29 is 53.3 Å². The van der Waals surface area contributed by atoms with Gasteiger partial charge >= 0.3 is 18.3 Å². The van der Waals surface area contributed by atoms with Gasteiger partial charge in [0.05, 0.1) is 43.2 Å². The zero-order valence-corrected chi connectivity index (χ0v) is 24.2. The van der Waals surface area contributed by atoms with E-state index in [-0.39, 0.29) is 30.0 Å². The highest BCUT2D eigenvalue weighted by Crippen LogP contribution is 2.42. The highest BCUT2D eigenvalue weighted by molar-refractivity contribution is 7.85. The Kier molecular flexibility index (Phi) is 9.02. The van der Waals surface area contributed by atoms with E-state index in [1.54, 1.807) is 0 Å². The van der Waals surface area contributed by atoms with Crippen LogP contribution in [0, 0.1) is 0 Å². The summed E-state index contributed by atoms with van der Waals surface area (Å²) in [6, 6.07) is 7.89. The van der Waals surface area contributed by atoms with Crippen molar-refractivity contribution >= 4 is 27.8 Å². The summed E-state index contributed by atoms with van der Waals surface area (Å²) in [7, 11) is -2.84. The molecule has 1 amide bonds. The molecule has 1 unspecified atom stereocenters. The third-order valence-electron chi connectivity index (χ3n) is 6.74. The van der Waals surface area contributed by atoms with Crippen molar-refractivity contribution in [1.29, 1.82) is 0 Å². The standard InChI is InChI=1S/C27H26F6N4O6S/c1-15(17-7-9-18(10-8-17)25(39)42-2)34-23(38)21-22(27(31,32)33)35-37-20(14-43-44(3,40)41)13-36(24(21)37)12-16-5-4-6-19(11-16)26(28,29)30/h4-11,15,20H,12-14H2,1-3H3,(H,34,38)/t15?,20-/m0/s1. The number of hydrogen-bond acceptors (Lipinski definition) is 8. The molecule has 4 rings (SSSR count). The molecule has 0 spiro atoms. The summed E-state index contributed by atoms with van der Waals surface area (Å²) in [5, 5.41) is 6.09. The minimum absolute atomic E-state index is 0.0660. The van der Waals surface area contributed by atoms with Crippen LogP contribution in [0.5, 0.6) is 0 Å². The number of carbonyl (C=O) groups excluding carboxylic acids is 2. The van der Waals surface area contributed by atoms with Crippen LogP contribution in [0.1, 0.15) is 62.1 Å². The van der Waals surface area contributed by atoms with E-state index in [0.717, 1.165) is 29.1 Å². The van der Waals surface area contributed by atoms with Gasteiger partial charge in [-0.1, -0.05) is 24.3 Å². The molecule has 17 heteroatoms. The van der Waals surface area contributed by atoms with Crippen LogP contribution in [-0.2, 0) is 37.9 Å². The maximum absolute atomic E-state index is 14.2. The zero-order chi connectivity index (χ0) is 32.6. The number of alkyl halides is 6. The number of hydrogen-bond donors (Lipinski definition) is 1. The second kappa shape index (κ2) is 12.1. The number of carbonyl (C=O) groups is 2. The predicted octanol–water partition coefficient (Wildman–Crippen LogP) is 4.74. The third-order valence-corrected chi connectivity index (χ3v) is 7.30. The number of nitrogens with one attached hydrogen (secondary N) is 1. The Labute approximate surface area is 247 Å². The number of amides is 1. The second-order valence-corrected chi connectivity index (χ2v) is 11.7. The maximum Gasteiger partial charge on any atom is 0.436 e. The van der Waals surface area contributed by atoms with Crippen molar-refractivity contribution in [3.63, 3.8) is 0 Å². The monoisotopic (exact) mass is 648 g/mol. The molecule has 44 heavy (non-hydrogen) atoms. The molecule has 1 aromatic heterocycles. The fourth-order valence-corrected chi connectivity index (χ4v) is 5.12. The summed E-state index contributed by atoms with van der Waals surface area (Å²) in [5.41, 5.74) is -2.75. The average Bonchev–Trinajstić information content (AvgIpc) is 3.49. The van der Waals surface area contributed by atoms with Crippen molar-refractivity contribution in [2.75, 3.05) is 31.4 Å². The molecular formula is C27H26F6N4O6S. The Morgan fingerprint density at radius 1 is 1.07 bits per heavy atom. The highest BCUT2D eigenvalue weighted by Gasteiger charge is 2.46. The van der Waals surface area contributed by atoms with Gasteiger partial charge in [0.1, 0.15) is 11.4 Å². The summed E-state index contributed by atoms with van der Waals surface area (Å²) < 4.78 is 116. The molecule has 0 aliphatic carbocycles. The first-order valence-corrected chi connectivity index (χ1v) is 14.6. The van der Waals surface area contributed by atoms with E-state index in [1.807, 2.05) is 0 Å². The summed E-state index contributed by atoms with van der Waals surface area (Å²) in [6.07, 6.45) is -9.08. The number of ether oxygens (including phenoxy) is 1. The quantitative estimate of drug-likeness (QED) is 0.201. The Morgan fingerprint density at radius 2 is 1.73 bits per heavy atom. The van der Waals surface area contributed by atoms with Crippen molar-refractivity contribution in [2.24, 2.45) is 0 Å². The average molecular weight is 649 g/mol. The van der Waals surface area contributed by atoms with Gasteiger partial charge in [-0.3, -0.25) is 8.98 Å². The Bertz CT molecular complexity index is 1650. The molecule has 0 bridgehead atoms. The van der Waals surface area contributed by atoms with Gasteiger partial charge in [-0.05, 0) is 42.3 Å². The third kappa shape index (κ3) is 7.32. The van der Waals surface area contributed by atoms with E-state index in [2.05, 4.69) is 15.2 Å². The van der Waals surface area contributed by atoms with Crippen LogP contribution in [-0.4, -0.2) is 56.6 Å². The summed E-state index contributed by atoms with van der Waals surface area (Å²) in [5.74, 6) is -2.18. The van der Waals surface area contributed by atoms with Gasteiger partial charge in [0.25, 0.3) is 16.0 Å². The lowest BCUT2D eigenvalue weighted by Crippen LogP contribution is -2.31. The van der Waals surface area contributed by atoms with Crippen molar-refractivity contribution in [2.45, 2.75) is 37.9 Å². The van der Waals surface area contributed by atoms with Gasteiger partial charge in [0, 0.05) is 13.1 Å². The molecule has 0 saturated carbocycles. The molecule has 2 atom stereocenters.